The van der Waals surface area contributed by atoms with Gasteiger partial charge >= 0.3 is 0 Å². The monoisotopic (exact) mass is 357 g/mol. The molecule has 2 aromatic carbocycles. The number of hydrogen-bond acceptors (Lipinski definition) is 6. The normalized spacial score (nSPS) is 10.3. The average molecular weight is 358 g/mol. The van der Waals surface area contributed by atoms with Crippen LogP contribution in [0.15, 0.2) is 58.2 Å². The average Bonchev–Trinajstić information content (AvgIpc) is 3.07. The first kappa shape index (κ1) is 16.4. The van der Waals surface area contributed by atoms with Gasteiger partial charge in [-0.15, -0.1) is 10.2 Å². The molecular weight excluding hydrogens is 346 g/mol. The van der Waals surface area contributed by atoms with E-state index in [1.165, 1.54) is 11.8 Å². The van der Waals surface area contributed by atoms with Gasteiger partial charge in [-0.3, -0.25) is 0 Å². The zero-order chi connectivity index (χ0) is 16.8. The van der Waals surface area contributed by atoms with Gasteiger partial charge in [0.2, 0.25) is 0 Å². The summed E-state index contributed by atoms with van der Waals surface area (Å²) in [4.78, 5) is 0. The Labute approximate surface area is 148 Å². The van der Waals surface area contributed by atoms with Crippen LogP contribution in [0.5, 0.6) is 5.75 Å². The summed E-state index contributed by atoms with van der Waals surface area (Å²) in [6.45, 7) is 0.154. The molecule has 1 aromatic heterocycles. The van der Waals surface area contributed by atoms with Crippen molar-refractivity contribution in [3.8, 4) is 11.8 Å². The van der Waals surface area contributed by atoms with Crippen LogP contribution in [0.4, 0.5) is 0 Å². The van der Waals surface area contributed by atoms with Gasteiger partial charge in [-0.05, 0) is 29.8 Å². The Morgan fingerprint density at radius 3 is 2.88 bits per heavy atom. The van der Waals surface area contributed by atoms with E-state index in [1.54, 1.807) is 18.2 Å². The number of nitriles is 1. The van der Waals surface area contributed by atoms with Crippen molar-refractivity contribution in [2.75, 3.05) is 0 Å². The Kier molecular flexibility index (Phi) is 5.36. The number of thioether (sulfide) groups is 1. The second-order valence-electron chi connectivity index (χ2n) is 4.78. The third-order valence-electron chi connectivity index (χ3n) is 3.05. The quantitative estimate of drug-likeness (QED) is 0.606. The Bertz CT molecular complexity index is 876. The van der Waals surface area contributed by atoms with E-state index in [9.17, 15) is 0 Å². The van der Waals surface area contributed by atoms with Crippen LogP contribution in [0.3, 0.4) is 0 Å². The third kappa shape index (κ3) is 4.28. The zero-order valence-corrected chi connectivity index (χ0v) is 14.0. The summed E-state index contributed by atoms with van der Waals surface area (Å²) < 4.78 is 11.1. The molecule has 0 spiro atoms. The van der Waals surface area contributed by atoms with Gasteiger partial charge in [0, 0.05) is 5.75 Å². The second kappa shape index (κ2) is 7.86. The highest BCUT2D eigenvalue weighted by atomic mass is 35.5. The molecule has 0 radical (unpaired) electrons. The van der Waals surface area contributed by atoms with Crippen LogP contribution in [0.1, 0.15) is 17.0 Å². The van der Waals surface area contributed by atoms with Gasteiger partial charge in [0.25, 0.3) is 11.1 Å². The number of para-hydroxylation sites is 1. The second-order valence-corrected chi connectivity index (χ2v) is 6.12. The smallest absolute Gasteiger partial charge is 0.277 e. The molecule has 0 aliphatic heterocycles. The lowest BCUT2D eigenvalue weighted by Crippen LogP contribution is -1.95. The molecular formula is C17H12ClN3O2S. The molecule has 3 aromatic rings. The molecule has 24 heavy (non-hydrogen) atoms. The van der Waals surface area contributed by atoms with E-state index in [1.807, 2.05) is 30.3 Å². The van der Waals surface area contributed by atoms with Crippen LogP contribution < -0.4 is 4.74 Å². The van der Waals surface area contributed by atoms with Crippen molar-refractivity contribution >= 4 is 23.4 Å². The minimum Gasteiger partial charge on any atom is -0.482 e. The number of halogens is 1. The van der Waals surface area contributed by atoms with Crippen LogP contribution in [0.25, 0.3) is 0 Å². The van der Waals surface area contributed by atoms with Crippen LogP contribution in [-0.2, 0) is 12.4 Å². The van der Waals surface area contributed by atoms with E-state index in [0.29, 0.717) is 33.2 Å². The standard InChI is InChI=1S/C17H12ClN3O2S/c18-14-6-1-2-7-15(14)22-10-16-20-21-17(23-16)24-11-13-5-3-4-12(8-13)9-19/h1-8H,10-11H2. The summed E-state index contributed by atoms with van der Waals surface area (Å²) >= 11 is 7.43. The minimum absolute atomic E-state index is 0.154. The number of aromatic nitrogens is 2. The highest BCUT2D eigenvalue weighted by Gasteiger charge is 2.09. The van der Waals surface area contributed by atoms with E-state index in [0.717, 1.165) is 5.56 Å². The van der Waals surface area contributed by atoms with E-state index < -0.39 is 0 Å². The molecule has 3 rings (SSSR count). The third-order valence-corrected chi connectivity index (χ3v) is 4.26. The molecule has 0 saturated heterocycles. The maximum atomic E-state index is 8.90. The van der Waals surface area contributed by atoms with Crippen molar-refractivity contribution in [1.29, 1.82) is 5.26 Å². The number of rotatable bonds is 6. The van der Waals surface area contributed by atoms with Gasteiger partial charge < -0.3 is 9.15 Å². The summed E-state index contributed by atoms with van der Waals surface area (Å²) in [5.74, 6) is 1.59. The Hall–Kier alpha value is -2.49. The number of ether oxygens (including phenoxy) is 1. The molecule has 0 saturated carbocycles. The number of benzene rings is 2. The summed E-state index contributed by atoms with van der Waals surface area (Å²) in [7, 11) is 0. The highest BCUT2D eigenvalue weighted by molar-refractivity contribution is 7.98. The van der Waals surface area contributed by atoms with Crippen LogP contribution in [0.2, 0.25) is 5.02 Å². The predicted molar refractivity (Wildman–Crippen MR) is 90.8 cm³/mol. The Balaban J connectivity index is 1.55. The van der Waals surface area contributed by atoms with Gasteiger partial charge in [0.05, 0.1) is 16.7 Å². The molecule has 5 nitrogen and oxygen atoms in total. The highest BCUT2D eigenvalue weighted by Crippen LogP contribution is 2.25. The SMILES string of the molecule is N#Cc1cccc(CSc2nnc(COc3ccccc3Cl)o2)c1. The van der Waals surface area contributed by atoms with Crippen molar-refractivity contribution in [2.24, 2.45) is 0 Å². The predicted octanol–water partition coefficient (Wildman–Crippen LogP) is 4.47. The fourth-order valence-corrected chi connectivity index (χ4v) is 2.85. The first-order valence-electron chi connectivity index (χ1n) is 7.06. The lowest BCUT2D eigenvalue weighted by atomic mass is 10.2. The molecule has 0 amide bonds. The molecule has 7 heteroatoms. The lowest BCUT2D eigenvalue weighted by Gasteiger charge is -2.04. The minimum atomic E-state index is 0.154. The fraction of sp³-hybridized carbons (Fsp3) is 0.118. The van der Waals surface area contributed by atoms with Crippen molar-refractivity contribution in [2.45, 2.75) is 17.6 Å². The van der Waals surface area contributed by atoms with Crippen molar-refractivity contribution < 1.29 is 9.15 Å². The largest absolute Gasteiger partial charge is 0.482 e. The molecule has 0 unspecified atom stereocenters. The number of nitrogens with zero attached hydrogens (tertiary/aromatic N) is 3. The van der Waals surface area contributed by atoms with Crippen molar-refractivity contribution in [3.05, 3.63) is 70.6 Å². The first-order valence-corrected chi connectivity index (χ1v) is 8.42. The molecule has 1 heterocycles. The van der Waals surface area contributed by atoms with Gasteiger partial charge in [-0.2, -0.15) is 5.26 Å². The molecule has 0 N–H and O–H groups in total. The van der Waals surface area contributed by atoms with Crippen LogP contribution in [0, 0.1) is 11.3 Å². The van der Waals surface area contributed by atoms with Crippen LogP contribution in [-0.4, -0.2) is 10.2 Å². The van der Waals surface area contributed by atoms with E-state index in [-0.39, 0.29) is 6.61 Å². The zero-order valence-electron chi connectivity index (χ0n) is 12.5. The Morgan fingerprint density at radius 1 is 1.17 bits per heavy atom. The first-order chi connectivity index (χ1) is 11.7. The number of hydrogen-bond donors (Lipinski definition) is 0. The maximum Gasteiger partial charge on any atom is 0.277 e. The van der Waals surface area contributed by atoms with Gasteiger partial charge in [-0.25, -0.2) is 0 Å². The summed E-state index contributed by atoms with van der Waals surface area (Å²) in [6, 6.07) is 16.7. The molecule has 0 aliphatic rings. The van der Waals surface area contributed by atoms with Crippen molar-refractivity contribution in [1.82, 2.24) is 10.2 Å². The van der Waals surface area contributed by atoms with E-state index >= 15 is 0 Å². The Morgan fingerprint density at radius 2 is 2.04 bits per heavy atom. The van der Waals surface area contributed by atoms with Crippen LogP contribution >= 0.6 is 23.4 Å². The van der Waals surface area contributed by atoms with E-state index in [2.05, 4.69) is 16.3 Å². The summed E-state index contributed by atoms with van der Waals surface area (Å²) in [5, 5.41) is 17.8. The van der Waals surface area contributed by atoms with Gasteiger partial charge in [0.15, 0.2) is 6.61 Å². The summed E-state index contributed by atoms with van der Waals surface area (Å²) in [6.07, 6.45) is 0. The molecule has 0 fully saturated rings. The summed E-state index contributed by atoms with van der Waals surface area (Å²) in [5.41, 5.74) is 1.65. The molecule has 0 atom stereocenters. The fourth-order valence-electron chi connectivity index (χ4n) is 1.93. The molecule has 0 aliphatic carbocycles. The molecule has 0 bridgehead atoms. The van der Waals surface area contributed by atoms with E-state index in [4.69, 9.17) is 26.0 Å². The van der Waals surface area contributed by atoms with Gasteiger partial charge in [0.1, 0.15) is 5.75 Å². The van der Waals surface area contributed by atoms with Gasteiger partial charge in [-0.1, -0.05) is 47.6 Å². The maximum absolute atomic E-state index is 8.90. The molecule has 120 valence electrons. The topological polar surface area (TPSA) is 71.9 Å². The lowest BCUT2D eigenvalue weighted by molar-refractivity contribution is 0.252. The van der Waals surface area contributed by atoms with Crippen molar-refractivity contribution in [3.63, 3.8) is 0 Å².